The van der Waals surface area contributed by atoms with Gasteiger partial charge in [-0.15, -0.1) is 0 Å². The summed E-state index contributed by atoms with van der Waals surface area (Å²) in [7, 11) is 0. The number of nitrogens with one attached hydrogen (secondary N) is 2. The summed E-state index contributed by atoms with van der Waals surface area (Å²) in [6.45, 7) is 3.96. The lowest BCUT2D eigenvalue weighted by atomic mass is 10.1. The van der Waals surface area contributed by atoms with Crippen LogP contribution in [0.4, 0.5) is 5.69 Å². The van der Waals surface area contributed by atoms with Crippen molar-refractivity contribution in [3.8, 4) is 17.6 Å². The third-order valence-electron chi connectivity index (χ3n) is 5.23. The van der Waals surface area contributed by atoms with Crippen LogP contribution in [0.2, 0.25) is 0 Å². The first-order chi connectivity index (χ1) is 17.5. The number of ether oxygens (including phenoxy) is 2. The van der Waals surface area contributed by atoms with Gasteiger partial charge in [0.25, 0.3) is 11.5 Å². The molecule has 0 saturated carbocycles. The van der Waals surface area contributed by atoms with Gasteiger partial charge in [0.2, 0.25) is 0 Å². The molecule has 2 N–H and O–H groups in total. The third kappa shape index (κ3) is 5.77. The van der Waals surface area contributed by atoms with Crippen LogP contribution < -0.4 is 20.3 Å². The second-order valence-electron chi connectivity index (χ2n) is 7.95. The molecule has 0 aliphatic rings. The summed E-state index contributed by atoms with van der Waals surface area (Å²) >= 11 is 0. The third-order valence-corrected chi connectivity index (χ3v) is 5.23. The van der Waals surface area contributed by atoms with E-state index in [0.29, 0.717) is 40.3 Å². The van der Waals surface area contributed by atoms with Gasteiger partial charge in [-0.25, -0.2) is 4.98 Å². The molecule has 0 radical (unpaired) electrons. The maximum Gasteiger partial charge on any atom is 0.262 e. The lowest BCUT2D eigenvalue weighted by molar-refractivity contribution is -0.118. The van der Waals surface area contributed by atoms with Crippen molar-refractivity contribution in [3.63, 3.8) is 0 Å². The van der Waals surface area contributed by atoms with Gasteiger partial charge in [-0.2, -0.15) is 5.26 Å². The molecule has 180 valence electrons. The number of benzene rings is 3. The average molecular weight is 481 g/mol. The number of allylic oxidation sites excluding steroid dienone is 1. The van der Waals surface area contributed by atoms with Crippen molar-refractivity contribution in [3.05, 3.63) is 94.0 Å². The number of carbonyl (C=O) groups excluding carboxylic acids is 1. The van der Waals surface area contributed by atoms with Crippen LogP contribution >= 0.6 is 0 Å². The van der Waals surface area contributed by atoms with Gasteiger partial charge in [0, 0.05) is 5.69 Å². The molecule has 0 saturated heterocycles. The molecule has 4 rings (SSSR count). The molecular weight excluding hydrogens is 456 g/mol. The number of hydrogen-bond donors (Lipinski definition) is 2. The fourth-order valence-electron chi connectivity index (χ4n) is 3.60. The van der Waals surface area contributed by atoms with Crippen LogP contribution in [0.1, 0.15) is 23.9 Å². The summed E-state index contributed by atoms with van der Waals surface area (Å²) in [6.07, 6.45) is 1.60. The van der Waals surface area contributed by atoms with E-state index in [0.717, 1.165) is 5.56 Å². The van der Waals surface area contributed by atoms with Gasteiger partial charge >= 0.3 is 0 Å². The molecule has 8 nitrogen and oxygen atoms in total. The number of nitriles is 1. The number of amides is 1. The molecule has 1 heterocycles. The second kappa shape index (κ2) is 11.0. The first-order valence-electron chi connectivity index (χ1n) is 11.3. The fraction of sp³-hybridized carbons (Fsp3) is 0.143. The van der Waals surface area contributed by atoms with Gasteiger partial charge in [0.1, 0.15) is 6.07 Å². The van der Waals surface area contributed by atoms with E-state index in [1.807, 2.05) is 38.1 Å². The molecule has 0 fully saturated rings. The lowest BCUT2D eigenvalue weighted by Crippen LogP contribution is -2.20. The maximum atomic E-state index is 12.4. The van der Waals surface area contributed by atoms with Crippen molar-refractivity contribution in [1.29, 1.82) is 5.26 Å². The van der Waals surface area contributed by atoms with E-state index in [-0.39, 0.29) is 29.5 Å². The highest BCUT2D eigenvalue weighted by molar-refractivity contribution is 5.92. The molecule has 3 aromatic carbocycles. The molecule has 4 aromatic rings. The van der Waals surface area contributed by atoms with Crippen LogP contribution in [0, 0.1) is 18.3 Å². The molecule has 1 amide bonds. The quantitative estimate of drug-likeness (QED) is 0.353. The van der Waals surface area contributed by atoms with Crippen molar-refractivity contribution in [2.75, 3.05) is 18.5 Å². The summed E-state index contributed by atoms with van der Waals surface area (Å²) in [5.41, 5.74) is 2.74. The summed E-state index contributed by atoms with van der Waals surface area (Å²) in [4.78, 5) is 31.8. The van der Waals surface area contributed by atoms with Crippen LogP contribution in [0.5, 0.6) is 11.5 Å². The molecule has 0 aliphatic heterocycles. The Balaban J connectivity index is 1.55. The number of nitrogens with zero attached hydrogens (tertiary/aromatic N) is 2. The molecule has 1 aromatic heterocycles. The summed E-state index contributed by atoms with van der Waals surface area (Å²) in [5, 5.41) is 13.0. The topological polar surface area (TPSA) is 117 Å². The van der Waals surface area contributed by atoms with E-state index in [1.165, 1.54) is 0 Å². The van der Waals surface area contributed by atoms with Crippen LogP contribution in [0.25, 0.3) is 22.6 Å². The molecule has 0 aliphatic carbocycles. The van der Waals surface area contributed by atoms with Gasteiger partial charge < -0.3 is 19.8 Å². The van der Waals surface area contributed by atoms with Gasteiger partial charge in [-0.1, -0.05) is 30.3 Å². The largest absolute Gasteiger partial charge is 0.490 e. The van der Waals surface area contributed by atoms with E-state index in [2.05, 4.69) is 21.4 Å². The van der Waals surface area contributed by atoms with Crippen molar-refractivity contribution >= 4 is 34.1 Å². The highest BCUT2D eigenvalue weighted by atomic mass is 16.5. The smallest absolute Gasteiger partial charge is 0.262 e. The van der Waals surface area contributed by atoms with Gasteiger partial charge in [0.05, 0.1) is 23.1 Å². The molecule has 36 heavy (non-hydrogen) atoms. The van der Waals surface area contributed by atoms with E-state index in [4.69, 9.17) is 9.47 Å². The van der Waals surface area contributed by atoms with Gasteiger partial charge in [0.15, 0.2) is 23.9 Å². The standard InChI is InChI=1S/C28H24N4O4/c1-3-35-25-15-19(11-12-24(25)36-17-26(33)30-21-8-6-7-18(2)13-21)14-20(16-29)27-31-23-10-5-4-9-22(23)28(34)32-27/h4-15H,3,17H2,1-2H3,(H,30,33)(H,31,32,34)/b20-14+. The minimum absolute atomic E-state index is 0.173. The number of anilines is 1. The zero-order valence-corrected chi connectivity index (χ0v) is 19.9. The normalized spacial score (nSPS) is 11.1. The molecule has 8 heteroatoms. The average Bonchev–Trinajstić information content (AvgIpc) is 2.87. The number of fused-ring (bicyclic) bond motifs is 1. The van der Waals surface area contributed by atoms with Crippen LogP contribution in [-0.2, 0) is 4.79 Å². The molecule has 0 bridgehead atoms. The summed E-state index contributed by atoms with van der Waals surface area (Å²) in [5.74, 6) is 0.688. The highest BCUT2D eigenvalue weighted by Crippen LogP contribution is 2.30. The minimum Gasteiger partial charge on any atom is -0.490 e. The Morgan fingerprint density at radius 3 is 2.69 bits per heavy atom. The summed E-state index contributed by atoms with van der Waals surface area (Å²) in [6, 6.07) is 21.6. The van der Waals surface area contributed by atoms with Crippen LogP contribution in [0.3, 0.4) is 0 Å². The zero-order chi connectivity index (χ0) is 25.5. The minimum atomic E-state index is -0.320. The van der Waals surface area contributed by atoms with Gasteiger partial charge in [-0.05, 0) is 67.4 Å². The number of aromatic nitrogens is 2. The first-order valence-corrected chi connectivity index (χ1v) is 11.3. The molecule has 0 spiro atoms. The number of aryl methyl sites for hydroxylation is 1. The Kier molecular flexibility index (Phi) is 7.42. The van der Waals surface area contributed by atoms with Crippen molar-refractivity contribution in [2.45, 2.75) is 13.8 Å². The first kappa shape index (κ1) is 24.2. The monoisotopic (exact) mass is 480 g/mol. The highest BCUT2D eigenvalue weighted by Gasteiger charge is 2.12. The van der Waals surface area contributed by atoms with E-state index in [9.17, 15) is 14.9 Å². The van der Waals surface area contributed by atoms with E-state index >= 15 is 0 Å². The van der Waals surface area contributed by atoms with Gasteiger partial charge in [-0.3, -0.25) is 9.59 Å². The van der Waals surface area contributed by atoms with E-state index in [1.54, 1.807) is 48.5 Å². The van der Waals surface area contributed by atoms with Crippen molar-refractivity contribution < 1.29 is 14.3 Å². The Hall–Kier alpha value is -4.90. The molecule has 0 atom stereocenters. The number of hydrogen-bond acceptors (Lipinski definition) is 6. The van der Waals surface area contributed by atoms with Crippen molar-refractivity contribution in [2.24, 2.45) is 0 Å². The molecule has 0 unspecified atom stereocenters. The predicted octanol–water partition coefficient (Wildman–Crippen LogP) is 4.71. The number of H-pyrrole nitrogens is 1. The fourth-order valence-corrected chi connectivity index (χ4v) is 3.60. The second-order valence-corrected chi connectivity index (χ2v) is 7.95. The SMILES string of the molecule is CCOc1cc(/C=C(\C#N)c2nc3ccccc3c(=O)[nH]2)ccc1OCC(=O)Nc1cccc(C)c1. The van der Waals surface area contributed by atoms with Crippen molar-refractivity contribution in [1.82, 2.24) is 9.97 Å². The lowest BCUT2D eigenvalue weighted by Gasteiger charge is -2.13. The predicted molar refractivity (Wildman–Crippen MR) is 139 cm³/mol. The van der Waals surface area contributed by atoms with Crippen LogP contribution in [-0.4, -0.2) is 29.1 Å². The van der Waals surface area contributed by atoms with E-state index < -0.39 is 0 Å². The Labute approximate surface area is 207 Å². The Morgan fingerprint density at radius 1 is 1.08 bits per heavy atom. The maximum absolute atomic E-state index is 12.4. The number of para-hydroxylation sites is 1. The number of carbonyl (C=O) groups is 1. The van der Waals surface area contributed by atoms with Crippen LogP contribution in [0.15, 0.2) is 71.5 Å². The molecular formula is C28H24N4O4. The number of aromatic amines is 1. The zero-order valence-electron chi connectivity index (χ0n) is 19.9. The Morgan fingerprint density at radius 2 is 1.92 bits per heavy atom. The number of rotatable bonds is 8. The summed E-state index contributed by atoms with van der Waals surface area (Å²) < 4.78 is 11.4. The Bertz CT molecular complexity index is 1550.